The molecule has 1 heterocycles. The number of nitrogens with zero attached hydrogens (tertiary/aromatic N) is 3. The van der Waals surface area contributed by atoms with Gasteiger partial charge in [0, 0.05) is 5.41 Å². The number of hydrogen-bond donors (Lipinski definition) is 0. The Bertz CT molecular complexity index is 669. The number of alkyl halides is 3. The second kappa shape index (κ2) is 4.98. The molecule has 2 rings (SSSR count). The molecule has 0 aliphatic heterocycles. The van der Waals surface area contributed by atoms with Gasteiger partial charge in [0.2, 0.25) is 0 Å². The van der Waals surface area contributed by atoms with E-state index in [-0.39, 0.29) is 11.4 Å². The van der Waals surface area contributed by atoms with Crippen molar-refractivity contribution in [2.24, 2.45) is 0 Å². The van der Waals surface area contributed by atoms with E-state index in [1.165, 1.54) is 16.8 Å². The molecule has 0 radical (unpaired) electrons. The molecule has 0 aliphatic rings. The summed E-state index contributed by atoms with van der Waals surface area (Å²) in [5.74, 6) is 0. The Morgan fingerprint density at radius 2 is 1.86 bits per heavy atom. The van der Waals surface area contributed by atoms with Crippen molar-refractivity contribution in [3.05, 3.63) is 41.2 Å². The summed E-state index contributed by atoms with van der Waals surface area (Å²) in [6, 6.07) is 4.76. The van der Waals surface area contributed by atoms with E-state index < -0.39 is 17.2 Å². The number of carbonyl (C=O) groups excluding carboxylic acids is 1. The number of aldehydes is 1. The number of carbonyl (C=O) groups is 1. The lowest BCUT2D eigenvalue weighted by molar-refractivity contribution is -0.137. The predicted molar refractivity (Wildman–Crippen MR) is 70.4 cm³/mol. The van der Waals surface area contributed by atoms with E-state index >= 15 is 0 Å². The summed E-state index contributed by atoms with van der Waals surface area (Å²) in [6.45, 7) is 5.51. The molecule has 0 saturated carbocycles. The lowest BCUT2D eigenvalue weighted by Crippen LogP contribution is -2.19. The third-order valence-electron chi connectivity index (χ3n) is 2.94. The topological polar surface area (TPSA) is 47.8 Å². The minimum Gasteiger partial charge on any atom is -0.296 e. The Morgan fingerprint density at radius 1 is 1.19 bits per heavy atom. The fraction of sp³-hybridized carbons (Fsp3) is 0.357. The van der Waals surface area contributed by atoms with E-state index in [1.54, 1.807) is 0 Å². The van der Waals surface area contributed by atoms with Gasteiger partial charge in [-0.25, -0.2) is 4.68 Å². The molecule has 0 saturated heterocycles. The van der Waals surface area contributed by atoms with Gasteiger partial charge in [0.15, 0.2) is 6.29 Å². The van der Waals surface area contributed by atoms with Crippen LogP contribution >= 0.6 is 0 Å². The summed E-state index contributed by atoms with van der Waals surface area (Å²) < 4.78 is 39.6. The highest BCUT2D eigenvalue weighted by molar-refractivity contribution is 5.74. The summed E-state index contributed by atoms with van der Waals surface area (Å²) in [5, 5.41) is 7.55. The van der Waals surface area contributed by atoms with Crippen LogP contribution in [0.4, 0.5) is 13.2 Å². The minimum absolute atomic E-state index is 0.125. The molecule has 4 nitrogen and oxygen atoms in total. The second-order valence-electron chi connectivity index (χ2n) is 5.65. The fourth-order valence-electron chi connectivity index (χ4n) is 2.07. The molecule has 0 spiro atoms. The highest BCUT2D eigenvalue weighted by Gasteiger charge is 2.31. The van der Waals surface area contributed by atoms with Gasteiger partial charge < -0.3 is 0 Å². The Labute approximate surface area is 119 Å². The van der Waals surface area contributed by atoms with Crippen LogP contribution in [0.1, 0.15) is 42.5 Å². The third kappa shape index (κ3) is 2.96. The van der Waals surface area contributed by atoms with E-state index in [9.17, 15) is 18.0 Å². The molecule has 0 bridgehead atoms. The zero-order valence-corrected chi connectivity index (χ0v) is 11.8. The summed E-state index contributed by atoms with van der Waals surface area (Å²) in [7, 11) is 0. The van der Waals surface area contributed by atoms with Gasteiger partial charge in [0.1, 0.15) is 5.69 Å². The summed E-state index contributed by atoms with van der Waals surface area (Å²) >= 11 is 0. The lowest BCUT2D eigenvalue weighted by Gasteiger charge is -2.20. The predicted octanol–water partition coefficient (Wildman–Crippen LogP) is 3.40. The van der Waals surface area contributed by atoms with Crippen LogP contribution in [0, 0.1) is 0 Å². The van der Waals surface area contributed by atoms with Gasteiger partial charge in [-0.2, -0.15) is 13.2 Å². The van der Waals surface area contributed by atoms with Gasteiger partial charge >= 0.3 is 6.18 Å². The molecule has 21 heavy (non-hydrogen) atoms. The summed E-state index contributed by atoms with van der Waals surface area (Å²) in [4.78, 5) is 11.0. The first-order valence-corrected chi connectivity index (χ1v) is 6.23. The highest BCUT2D eigenvalue weighted by atomic mass is 19.4. The van der Waals surface area contributed by atoms with Crippen LogP contribution in [0.2, 0.25) is 0 Å². The van der Waals surface area contributed by atoms with Crippen LogP contribution in [0.25, 0.3) is 5.69 Å². The maximum absolute atomic E-state index is 12.8. The van der Waals surface area contributed by atoms with Crippen molar-refractivity contribution >= 4 is 6.29 Å². The molecule has 2 aromatic rings. The summed E-state index contributed by atoms with van der Waals surface area (Å²) in [6.07, 6.45) is -3.89. The Balaban J connectivity index is 2.63. The van der Waals surface area contributed by atoms with Gasteiger partial charge in [-0.15, -0.1) is 5.10 Å². The van der Waals surface area contributed by atoms with E-state index in [0.29, 0.717) is 12.0 Å². The first kappa shape index (κ1) is 15.2. The van der Waals surface area contributed by atoms with Gasteiger partial charge in [-0.1, -0.05) is 32.1 Å². The van der Waals surface area contributed by atoms with Gasteiger partial charge in [-0.3, -0.25) is 4.79 Å². The molecule has 112 valence electrons. The maximum atomic E-state index is 12.8. The first-order chi connectivity index (χ1) is 9.64. The number of benzene rings is 1. The standard InChI is InChI=1S/C14H14F3N3O/c1-13(2,3)12-11(8-21)18-19-20(12)10-6-4-5-9(7-10)14(15,16)17/h4-8H,1-3H3. The number of halogens is 3. The van der Waals surface area contributed by atoms with E-state index in [1.807, 2.05) is 20.8 Å². The zero-order valence-electron chi connectivity index (χ0n) is 11.8. The minimum atomic E-state index is -4.44. The average molecular weight is 297 g/mol. The second-order valence-corrected chi connectivity index (χ2v) is 5.65. The molecule has 0 atom stereocenters. The SMILES string of the molecule is CC(C)(C)c1c(C=O)nnn1-c1cccc(C(F)(F)F)c1. The van der Waals surface area contributed by atoms with Crippen molar-refractivity contribution in [2.75, 3.05) is 0 Å². The Hall–Kier alpha value is -2.18. The molecule has 1 aromatic heterocycles. The number of hydrogen-bond acceptors (Lipinski definition) is 3. The van der Waals surface area contributed by atoms with Gasteiger partial charge in [-0.05, 0) is 18.2 Å². The van der Waals surface area contributed by atoms with Crippen LogP contribution in [0.5, 0.6) is 0 Å². The normalized spacial score (nSPS) is 12.5. The zero-order chi connectivity index (χ0) is 15.8. The van der Waals surface area contributed by atoms with Gasteiger partial charge in [0.05, 0.1) is 16.9 Å². The smallest absolute Gasteiger partial charge is 0.296 e. The van der Waals surface area contributed by atoms with Crippen LogP contribution in [-0.4, -0.2) is 21.3 Å². The highest BCUT2D eigenvalue weighted by Crippen LogP contribution is 2.32. The van der Waals surface area contributed by atoms with Crippen molar-refractivity contribution in [1.82, 2.24) is 15.0 Å². The molecule has 7 heteroatoms. The molecular weight excluding hydrogens is 283 g/mol. The van der Waals surface area contributed by atoms with Crippen molar-refractivity contribution in [3.63, 3.8) is 0 Å². The Morgan fingerprint density at radius 3 is 2.38 bits per heavy atom. The monoisotopic (exact) mass is 297 g/mol. The average Bonchev–Trinajstić information content (AvgIpc) is 2.81. The number of aromatic nitrogens is 3. The molecule has 0 N–H and O–H groups in total. The van der Waals surface area contributed by atoms with Crippen LogP contribution in [0.15, 0.2) is 24.3 Å². The quantitative estimate of drug-likeness (QED) is 0.798. The van der Waals surface area contributed by atoms with E-state index in [0.717, 1.165) is 12.1 Å². The van der Waals surface area contributed by atoms with Crippen LogP contribution < -0.4 is 0 Å². The van der Waals surface area contributed by atoms with Gasteiger partial charge in [0.25, 0.3) is 0 Å². The molecule has 0 aliphatic carbocycles. The summed E-state index contributed by atoms with van der Waals surface area (Å²) in [5.41, 5.74) is -0.455. The van der Waals surface area contributed by atoms with E-state index in [4.69, 9.17) is 0 Å². The Kier molecular flexibility index (Phi) is 3.61. The lowest BCUT2D eigenvalue weighted by atomic mass is 9.90. The van der Waals surface area contributed by atoms with Crippen molar-refractivity contribution < 1.29 is 18.0 Å². The molecule has 0 fully saturated rings. The van der Waals surface area contributed by atoms with E-state index in [2.05, 4.69) is 10.3 Å². The van der Waals surface area contributed by atoms with Crippen molar-refractivity contribution in [2.45, 2.75) is 32.4 Å². The third-order valence-corrected chi connectivity index (χ3v) is 2.94. The molecule has 0 amide bonds. The first-order valence-electron chi connectivity index (χ1n) is 6.23. The maximum Gasteiger partial charge on any atom is 0.416 e. The van der Waals surface area contributed by atoms with Crippen molar-refractivity contribution in [1.29, 1.82) is 0 Å². The van der Waals surface area contributed by atoms with Crippen LogP contribution in [-0.2, 0) is 11.6 Å². The van der Waals surface area contributed by atoms with Crippen molar-refractivity contribution in [3.8, 4) is 5.69 Å². The molecular formula is C14H14F3N3O. The fourth-order valence-corrected chi connectivity index (χ4v) is 2.07. The largest absolute Gasteiger partial charge is 0.416 e. The number of rotatable bonds is 2. The molecule has 1 aromatic carbocycles. The van der Waals surface area contributed by atoms with Crippen LogP contribution in [0.3, 0.4) is 0 Å². The molecule has 0 unspecified atom stereocenters.